The van der Waals surface area contributed by atoms with E-state index in [1.807, 2.05) is 12.1 Å². The van der Waals surface area contributed by atoms with E-state index in [9.17, 15) is 18.0 Å². The lowest BCUT2D eigenvalue weighted by Gasteiger charge is -2.31. The predicted octanol–water partition coefficient (Wildman–Crippen LogP) is 4.33. The Morgan fingerprint density at radius 2 is 1.82 bits per heavy atom. The average molecular weight is 483 g/mol. The van der Waals surface area contributed by atoms with Crippen LogP contribution < -0.4 is 9.50 Å². The molecule has 1 saturated carbocycles. The molecule has 1 aliphatic rings. The van der Waals surface area contributed by atoms with E-state index in [0.717, 1.165) is 24.8 Å². The number of rotatable bonds is 9. The Kier molecular flexibility index (Phi) is 7.02. The number of carbonyl (C=O) groups is 2. The number of benzene rings is 2. The van der Waals surface area contributed by atoms with E-state index in [1.54, 1.807) is 35.4 Å². The number of nitrogens with one attached hydrogen (secondary N) is 1. The van der Waals surface area contributed by atoms with Crippen LogP contribution in [0.1, 0.15) is 37.5 Å². The van der Waals surface area contributed by atoms with Gasteiger partial charge in [-0.2, -0.15) is 8.42 Å². The molecule has 1 N–H and O–H groups in total. The second-order valence-corrected chi connectivity index (χ2v) is 9.84. The number of hydrogen-bond acceptors (Lipinski definition) is 6. The first-order chi connectivity index (χ1) is 16.3. The van der Waals surface area contributed by atoms with E-state index in [0.29, 0.717) is 24.5 Å². The molecule has 178 valence electrons. The zero-order valence-electron chi connectivity index (χ0n) is 18.8. The molecule has 34 heavy (non-hydrogen) atoms. The van der Waals surface area contributed by atoms with Crippen molar-refractivity contribution in [2.45, 2.75) is 44.2 Å². The van der Waals surface area contributed by atoms with E-state index in [1.165, 1.54) is 31.2 Å². The Labute approximate surface area is 198 Å². The van der Waals surface area contributed by atoms with Crippen molar-refractivity contribution in [1.82, 2.24) is 4.90 Å². The molecular formula is C25H26N2O6S. The highest BCUT2D eigenvalue weighted by molar-refractivity contribution is 7.87. The van der Waals surface area contributed by atoms with Crippen LogP contribution in [0.3, 0.4) is 0 Å². The summed E-state index contributed by atoms with van der Waals surface area (Å²) in [6.45, 7) is 2.02. The number of amides is 2. The molecule has 1 aliphatic carbocycles. The van der Waals surface area contributed by atoms with Gasteiger partial charge in [0.1, 0.15) is 16.4 Å². The van der Waals surface area contributed by atoms with Gasteiger partial charge in [0.15, 0.2) is 0 Å². The third-order valence-corrected chi connectivity index (χ3v) is 6.90. The van der Waals surface area contributed by atoms with Gasteiger partial charge in [0.05, 0.1) is 12.8 Å². The van der Waals surface area contributed by atoms with Gasteiger partial charge in [-0.3, -0.25) is 9.59 Å². The van der Waals surface area contributed by atoms with Crippen molar-refractivity contribution in [3.05, 3.63) is 78.3 Å². The maximum absolute atomic E-state index is 13.0. The van der Waals surface area contributed by atoms with Crippen molar-refractivity contribution in [3.8, 4) is 5.75 Å². The van der Waals surface area contributed by atoms with Crippen LogP contribution in [0, 0.1) is 5.92 Å². The molecule has 1 aromatic heterocycles. The summed E-state index contributed by atoms with van der Waals surface area (Å²) in [7, 11) is -4.08. The molecule has 2 aromatic carbocycles. The van der Waals surface area contributed by atoms with Gasteiger partial charge in [0.2, 0.25) is 11.8 Å². The molecule has 4 rings (SSSR count). The summed E-state index contributed by atoms with van der Waals surface area (Å²) in [6, 6.07) is 16.0. The SMILES string of the molecule is CC(=O)Nc1ccc(S(=O)(=O)Oc2cccc(CN(Cc3ccco3)C(=O)C3CCC3)c2)cc1. The number of anilines is 1. The van der Waals surface area contributed by atoms with Crippen molar-refractivity contribution in [2.75, 3.05) is 5.32 Å². The average Bonchev–Trinajstić information content (AvgIpc) is 3.25. The van der Waals surface area contributed by atoms with Gasteiger partial charge in [-0.1, -0.05) is 18.6 Å². The highest BCUT2D eigenvalue weighted by atomic mass is 32.2. The van der Waals surface area contributed by atoms with Crippen LogP contribution in [0.15, 0.2) is 76.2 Å². The van der Waals surface area contributed by atoms with E-state index >= 15 is 0 Å². The maximum atomic E-state index is 13.0. The van der Waals surface area contributed by atoms with E-state index in [4.69, 9.17) is 8.60 Å². The molecule has 2 amide bonds. The third-order valence-electron chi connectivity index (χ3n) is 5.63. The highest BCUT2D eigenvalue weighted by Crippen LogP contribution is 2.30. The molecule has 0 spiro atoms. The summed E-state index contributed by atoms with van der Waals surface area (Å²) in [5.41, 5.74) is 1.23. The predicted molar refractivity (Wildman–Crippen MR) is 125 cm³/mol. The standard InChI is InChI=1S/C25H26N2O6S/c1-18(28)26-21-10-12-24(13-11-21)34(30,31)33-22-8-2-5-19(15-22)16-27(17-23-9-4-14-32-23)25(29)20-6-3-7-20/h2,4-5,8-15,20H,3,6-7,16-17H2,1H3,(H,26,28). The molecule has 3 aromatic rings. The van der Waals surface area contributed by atoms with E-state index in [-0.39, 0.29) is 28.4 Å². The van der Waals surface area contributed by atoms with E-state index < -0.39 is 10.1 Å². The zero-order chi connectivity index (χ0) is 24.1. The second kappa shape index (κ2) is 10.1. The molecule has 8 nitrogen and oxygen atoms in total. The summed E-state index contributed by atoms with van der Waals surface area (Å²) in [5.74, 6) is 0.680. The first-order valence-electron chi connectivity index (χ1n) is 11.0. The van der Waals surface area contributed by atoms with Crippen molar-refractivity contribution in [3.63, 3.8) is 0 Å². The molecular weight excluding hydrogens is 456 g/mol. The minimum absolute atomic E-state index is 0.0234. The summed E-state index contributed by atoms with van der Waals surface area (Å²) in [4.78, 5) is 25.8. The molecule has 9 heteroatoms. The van der Waals surface area contributed by atoms with Crippen LogP contribution >= 0.6 is 0 Å². The van der Waals surface area contributed by atoms with Gasteiger partial charge in [-0.05, 0) is 66.9 Å². The van der Waals surface area contributed by atoms with Gasteiger partial charge < -0.3 is 18.8 Å². The molecule has 0 unspecified atom stereocenters. The summed E-state index contributed by atoms with van der Waals surface area (Å²) < 4.78 is 36.2. The lowest BCUT2D eigenvalue weighted by Crippen LogP contribution is -2.38. The van der Waals surface area contributed by atoms with Crippen molar-refractivity contribution in [2.24, 2.45) is 5.92 Å². The first-order valence-corrected chi connectivity index (χ1v) is 12.4. The summed E-state index contributed by atoms with van der Waals surface area (Å²) in [5, 5.41) is 2.59. The normalized spacial score (nSPS) is 13.7. The highest BCUT2D eigenvalue weighted by Gasteiger charge is 2.30. The van der Waals surface area contributed by atoms with Gasteiger partial charge >= 0.3 is 10.1 Å². The van der Waals surface area contributed by atoms with Gasteiger partial charge in [0.25, 0.3) is 0 Å². The Bertz CT molecular complexity index is 1250. The number of nitrogens with zero attached hydrogens (tertiary/aromatic N) is 1. The van der Waals surface area contributed by atoms with Gasteiger partial charge in [-0.15, -0.1) is 0 Å². The molecule has 1 fully saturated rings. The minimum atomic E-state index is -4.08. The number of carbonyl (C=O) groups excluding carboxylic acids is 2. The van der Waals surface area contributed by atoms with Gasteiger partial charge in [0, 0.05) is 25.1 Å². The summed E-state index contributed by atoms with van der Waals surface area (Å²) >= 11 is 0. The monoisotopic (exact) mass is 482 g/mol. The van der Waals surface area contributed by atoms with Crippen LogP contribution in [-0.4, -0.2) is 25.1 Å². The molecule has 0 aliphatic heterocycles. The Morgan fingerprint density at radius 3 is 2.44 bits per heavy atom. The Balaban J connectivity index is 1.48. The number of hydrogen-bond donors (Lipinski definition) is 1. The first kappa shape index (κ1) is 23.6. The van der Waals surface area contributed by atoms with Crippen molar-refractivity contribution in [1.29, 1.82) is 0 Å². The molecule has 1 heterocycles. The molecule has 0 saturated heterocycles. The fourth-order valence-electron chi connectivity index (χ4n) is 3.71. The lowest BCUT2D eigenvalue weighted by molar-refractivity contribution is -0.139. The lowest BCUT2D eigenvalue weighted by atomic mass is 9.84. The molecule has 0 bridgehead atoms. The Morgan fingerprint density at radius 1 is 1.06 bits per heavy atom. The zero-order valence-corrected chi connectivity index (χ0v) is 19.6. The van der Waals surface area contributed by atoms with Crippen LogP contribution in [0.25, 0.3) is 0 Å². The second-order valence-electron chi connectivity index (χ2n) is 8.29. The molecule has 0 radical (unpaired) electrons. The summed E-state index contributed by atoms with van der Waals surface area (Å²) in [6.07, 6.45) is 4.40. The smallest absolute Gasteiger partial charge is 0.339 e. The quantitative estimate of drug-likeness (QED) is 0.455. The third kappa shape index (κ3) is 5.85. The maximum Gasteiger partial charge on any atom is 0.339 e. The van der Waals surface area contributed by atoms with Crippen molar-refractivity contribution < 1.29 is 26.6 Å². The van der Waals surface area contributed by atoms with Crippen molar-refractivity contribution >= 4 is 27.6 Å². The van der Waals surface area contributed by atoms with Gasteiger partial charge in [-0.25, -0.2) is 0 Å². The fraction of sp³-hybridized carbons (Fsp3) is 0.280. The molecule has 0 atom stereocenters. The largest absolute Gasteiger partial charge is 0.467 e. The van der Waals surface area contributed by atoms with Crippen LogP contribution in [0.4, 0.5) is 5.69 Å². The van der Waals surface area contributed by atoms with Crippen LogP contribution in [0.5, 0.6) is 5.75 Å². The number of furan rings is 1. The topological polar surface area (TPSA) is 106 Å². The van der Waals surface area contributed by atoms with Crippen LogP contribution in [-0.2, 0) is 32.8 Å². The Hall–Kier alpha value is -3.59. The van der Waals surface area contributed by atoms with Crippen LogP contribution in [0.2, 0.25) is 0 Å². The fourth-order valence-corrected chi connectivity index (χ4v) is 4.64. The minimum Gasteiger partial charge on any atom is -0.467 e. The van der Waals surface area contributed by atoms with E-state index in [2.05, 4.69) is 5.32 Å².